The predicted molar refractivity (Wildman–Crippen MR) is 91.0 cm³/mol. The Kier molecular flexibility index (Phi) is 4.63. The number of nitrogens with zero attached hydrogens (tertiary/aromatic N) is 2. The molecule has 2 unspecified atom stereocenters. The molecule has 0 saturated carbocycles. The highest BCUT2D eigenvalue weighted by atomic mass is 16.1. The van der Waals surface area contributed by atoms with E-state index in [0.29, 0.717) is 18.2 Å². The standard InChI is InChI=1S/C19H26N2O/c1-15(2)8-6-12-18(22)19-20-13-7-11-17(20)14-21(19)16-9-4-3-5-10-16/h3-5,9-10,17,19H,1,6-8,11-14H2,2H3. The maximum Gasteiger partial charge on any atom is 0.170 e. The van der Waals surface area contributed by atoms with Crippen molar-refractivity contribution >= 4 is 11.5 Å². The first-order valence-electron chi connectivity index (χ1n) is 8.41. The van der Waals surface area contributed by atoms with E-state index in [1.54, 1.807) is 0 Å². The van der Waals surface area contributed by atoms with Crippen LogP contribution in [0, 0.1) is 0 Å². The number of rotatable bonds is 6. The van der Waals surface area contributed by atoms with Crippen molar-refractivity contribution in [2.24, 2.45) is 0 Å². The molecule has 1 aromatic rings. The summed E-state index contributed by atoms with van der Waals surface area (Å²) >= 11 is 0. The minimum absolute atomic E-state index is 0.0555. The third-order valence-electron chi connectivity index (χ3n) is 4.84. The van der Waals surface area contributed by atoms with E-state index in [9.17, 15) is 4.79 Å². The maximum absolute atomic E-state index is 12.8. The SMILES string of the molecule is C=C(C)CCCC(=O)C1N(c2ccccc2)CC2CCCN21. The summed E-state index contributed by atoms with van der Waals surface area (Å²) in [5.41, 5.74) is 2.34. The number of anilines is 1. The van der Waals surface area contributed by atoms with Crippen molar-refractivity contribution < 1.29 is 4.79 Å². The van der Waals surface area contributed by atoms with Crippen LogP contribution in [0.2, 0.25) is 0 Å². The van der Waals surface area contributed by atoms with E-state index < -0.39 is 0 Å². The first-order valence-corrected chi connectivity index (χ1v) is 8.41. The monoisotopic (exact) mass is 298 g/mol. The zero-order valence-electron chi connectivity index (χ0n) is 13.5. The van der Waals surface area contributed by atoms with Crippen LogP contribution in [0.3, 0.4) is 0 Å². The summed E-state index contributed by atoms with van der Waals surface area (Å²) in [5, 5.41) is 0. The number of carbonyl (C=O) groups excluding carboxylic acids is 1. The largest absolute Gasteiger partial charge is 0.348 e. The average Bonchev–Trinajstić information content (AvgIpc) is 3.07. The number of allylic oxidation sites excluding steroid dienone is 1. The molecule has 2 aliphatic rings. The summed E-state index contributed by atoms with van der Waals surface area (Å²) in [6.45, 7) is 8.02. The Balaban J connectivity index is 1.74. The molecule has 2 atom stereocenters. The minimum Gasteiger partial charge on any atom is -0.348 e. The molecule has 1 aromatic carbocycles. The molecule has 0 aliphatic carbocycles. The van der Waals surface area contributed by atoms with Gasteiger partial charge in [0.05, 0.1) is 0 Å². The summed E-state index contributed by atoms with van der Waals surface area (Å²) in [7, 11) is 0. The second-order valence-corrected chi connectivity index (χ2v) is 6.67. The summed E-state index contributed by atoms with van der Waals surface area (Å²) in [4.78, 5) is 17.6. The number of ketones is 1. The van der Waals surface area contributed by atoms with Gasteiger partial charge in [-0.2, -0.15) is 0 Å². The molecular formula is C19H26N2O. The second-order valence-electron chi connectivity index (χ2n) is 6.67. The molecule has 2 aliphatic heterocycles. The van der Waals surface area contributed by atoms with E-state index in [-0.39, 0.29) is 6.17 Å². The molecule has 2 fully saturated rings. The highest BCUT2D eigenvalue weighted by Gasteiger charge is 2.44. The first kappa shape index (κ1) is 15.3. The van der Waals surface area contributed by atoms with Gasteiger partial charge in [-0.05, 0) is 44.7 Å². The van der Waals surface area contributed by atoms with Crippen molar-refractivity contribution in [3.8, 4) is 0 Å². The lowest BCUT2D eigenvalue weighted by Gasteiger charge is -2.29. The lowest BCUT2D eigenvalue weighted by atomic mass is 10.1. The fraction of sp³-hybridized carbons (Fsp3) is 0.526. The van der Waals surface area contributed by atoms with Crippen molar-refractivity contribution in [1.29, 1.82) is 0 Å². The number of fused-ring (bicyclic) bond motifs is 1. The summed E-state index contributed by atoms with van der Waals surface area (Å²) in [6.07, 6.45) is 4.92. The number of para-hydroxylation sites is 1. The van der Waals surface area contributed by atoms with E-state index in [2.05, 4.69) is 40.6 Å². The molecule has 0 radical (unpaired) electrons. The van der Waals surface area contributed by atoms with Crippen LogP contribution in [0.4, 0.5) is 5.69 Å². The Hall–Kier alpha value is -1.61. The fourth-order valence-electron chi connectivity index (χ4n) is 3.80. The van der Waals surface area contributed by atoms with E-state index in [0.717, 1.165) is 31.5 Å². The van der Waals surface area contributed by atoms with Crippen molar-refractivity contribution in [3.63, 3.8) is 0 Å². The van der Waals surface area contributed by atoms with Crippen LogP contribution in [0.1, 0.15) is 39.0 Å². The van der Waals surface area contributed by atoms with Crippen molar-refractivity contribution in [1.82, 2.24) is 4.90 Å². The Morgan fingerprint density at radius 3 is 2.77 bits per heavy atom. The van der Waals surface area contributed by atoms with Crippen LogP contribution >= 0.6 is 0 Å². The molecule has 3 heteroatoms. The molecule has 2 heterocycles. The molecule has 0 spiro atoms. The quantitative estimate of drug-likeness (QED) is 0.750. The van der Waals surface area contributed by atoms with Gasteiger partial charge in [0.1, 0.15) is 6.17 Å². The number of Topliss-reactive ketones (excluding diaryl/α,β-unsaturated/α-hetero) is 1. The van der Waals surface area contributed by atoms with Crippen molar-refractivity contribution in [2.75, 3.05) is 18.0 Å². The summed E-state index contributed by atoms with van der Waals surface area (Å²) in [6, 6.07) is 10.9. The lowest BCUT2D eigenvalue weighted by Crippen LogP contribution is -2.45. The summed E-state index contributed by atoms with van der Waals surface area (Å²) in [5.74, 6) is 0.370. The van der Waals surface area contributed by atoms with E-state index in [4.69, 9.17) is 0 Å². The Bertz CT molecular complexity index is 540. The van der Waals surface area contributed by atoms with Crippen molar-refractivity contribution in [3.05, 3.63) is 42.5 Å². The number of carbonyl (C=O) groups is 1. The third-order valence-corrected chi connectivity index (χ3v) is 4.84. The first-order chi connectivity index (χ1) is 10.7. The zero-order valence-corrected chi connectivity index (χ0v) is 13.5. The molecule has 0 bridgehead atoms. The summed E-state index contributed by atoms with van der Waals surface area (Å²) < 4.78 is 0. The number of hydrogen-bond acceptors (Lipinski definition) is 3. The lowest BCUT2D eigenvalue weighted by molar-refractivity contribution is -0.123. The van der Waals surface area contributed by atoms with Crippen LogP contribution in [-0.4, -0.2) is 36.0 Å². The zero-order chi connectivity index (χ0) is 15.5. The fourth-order valence-corrected chi connectivity index (χ4v) is 3.80. The van der Waals surface area contributed by atoms with Crippen molar-refractivity contribution in [2.45, 2.75) is 51.2 Å². The Labute approximate surface area is 133 Å². The number of benzene rings is 1. The normalized spacial score (nSPS) is 24.5. The van der Waals surface area contributed by atoms with Gasteiger partial charge in [-0.25, -0.2) is 0 Å². The van der Waals surface area contributed by atoms with Crippen LogP contribution in [-0.2, 0) is 4.79 Å². The smallest absolute Gasteiger partial charge is 0.170 e. The highest BCUT2D eigenvalue weighted by molar-refractivity contribution is 5.87. The van der Waals surface area contributed by atoms with Gasteiger partial charge in [-0.15, -0.1) is 6.58 Å². The Morgan fingerprint density at radius 1 is 1.27 bits per heavy atom. The predicted octanol–water partition coefficient (Wildman–Crippen LogP) is 3.61. The maximum atomic E-state index is 12.8. The van der Waals surface area contributed by atoms with E-state index >= 15 is 0 Å². The van der Waals surface area contributed by atoms with Gasteiger partial charge in [0.25, 0.3) is 0 Å². The number of hydrogen-bond donors (Lipinski definition) is 0. The Morgan fingerprint density at radius 2 is 2.05 bits per heavy atom. The molecule has 118 valence electrons. The molecule has 0 amide bonds. The molecule has 2 saturated heterocycles. The third kappa shape index (κ3) is 3.09. The average molecular weight is 298 g/mol. The van der Waals surface area contributed by atoms with Gasteiger partial charge < -0.3 is 4.90 Å². The molecule has 0 N–H and O–H groups in total. The van der Waals surface area contributed by atoms with Gasteiger partial charge in [0, 0.05) is 31.2 Å². The van der Waals surface area contributed by atoms with Gasteiger partial charge >= 0.3 is 0 Å². The van der Waals surface area contributed by atoms with Crippen LogP contribution < -0.4 is 4.90 Å². The van der Waals surface area contributed by atoms with Crippen LogP contribution in [0.25, 0.3) is 0 Å². The van der Waals surface area contributed by atoms with Gasteiger partial charge in [0.2, 0.25) is 0 Å². The topological polar surface area (TPSA) is 23.6 Å². The van der Waals surface area contributed by atoms with E-state index in [1.807, 2.05) is 13.0 Å². The van der Waals surface area contributed by atoms with Crippen LogP contribution in [0.15, 0.2) is 42.5 Å². The molecular weight excluding hydrogens is 272 g/mol. The molecule has 3 rings (SSSR count). The molecule has 0 aromatic heterocycles. The van der Waals surface area contributed by atoms with Crippen LogP contribution in [0.5, 0.6) is 0 Å². The minimum atomic E-state index is -0.0555. The molecule has 22 heavy (non-hydrogen) atoms. The van der Waals surface area contributed by atoms with Gasteiger partial charge in [0.15, 0.2) is 5.78 Å². The van der Waals surface area contributed by atoms with Gasteiger partial charge in [-0.3, -0.25) is 9.69 Å². The van der Waals surface area contributed by atoms with Gasteiger partial charge in [-0.1, -0.05) is 23.8 Å². The second kappa shape index (κ2) is 6.66. The molecule has 3 nitrogen and oxygen atoms in total. The highest BCUT2D eigenvalue weighted by Crippen LogP contribution is 2.34. The van der Waals surface area contributed by atoms with E-state index in [1.165, 1.54) is 18.5 Å².